The predicted octanol–water partition coefficient (Wildman–Crippen LogP) is 3.09. The van der Waals surface area contributed by atoms with Gasteiger partial charge in [-0.15, -0.1) is 11.3 Å². The first-order valence-corrected chi connectivity index (χ1v) is 8.89. The van der Waals surface area contributed by atoms with E-state index in [1.54, 1.807) is 22.7 Å². The summed E-state index contributed by atoms with van der Waals surface area (Å²) < 4.78 is 5.46. The number of thiazole rings is 1. The molecule has 1 fully saturated rings. The molecule has 21 heavy (non-hydrogen) atoms. The van der Waals surface area contributed by atoms with Gasteiger partial charge in [0.05, 0.1) is 6.04 Å². The van der Waals surface area contributed by atoms with Crippen molar-refractivity contribution in [2.75, 3.05) is 6.61 Å². The standard InChI is InChI=1S/C15H18N2O2S2/c1-10-8-21-15(16-10)12(7-11-4-6-20-9-11)17-14(18)13-3-2-5-19-13/h4,6,8-9,12-13H,2-3,5,7H2,1H3,(H,17,18)/t12-,13-/m1/s1. The maximum absolute atomic E-state index is 12.3. The molecule has 3 heterocycles. The molecular weight excluding hydrogens is 304 g/mol. The van der Waals surface area contributed by atoms with Crippen molar-refractivity contribution in [3.63, 3.8) is 0 Å². The quantitative estimate of drug-likeness (QED) is 0.920. The maximum Gasteiger partial charge on any atom is 0.249 e. The molecular formula is C15H18N2O2S2. The molecule has 2 atom stereocenters. The lowest BCUT2D eigenvalue weighted by molar-refractivity contribution is -0.130. The van der Waals surface area contributed by atoms with Gasteiger partial charge in [0, 0.05) is 24.1 Å². The average Bonchev–Trinajstić information content (AvgIpc) is 3.20. The van der Waals surface area contributed by atoms with Crippen LogP contribution in [0.4, 0.5) is 0 Å². The first kappa shape index (κ1) is 14.7. The van der Waals surface area contributed by atoms with E-state index in [1.165, 1.54) is 5.56 Å². The molecule has 1 saturated heterocycles. The molecule has 0 aromatic carbocycles. The molecule has 6 heteroatoms. The highest BCUT2D eigenvalue weighted by Gasteiger charge is 2.27. The third kappa shape index (κ3) is 3.70. The first-order chi connectivity index (χ1) is 10.2. The molecule has 0 spiro atoms. The number of carbonyl (C=O) groups excluding carboxylic acids is 1. The summed E-state index contributed by atoms with van der Waals surface area (Å²) in [5.41, 5.74) is 2.22. The molecule has 1 amide bonds. The third-order valence-electron chi connectivity index (χ3n) is 3.49. The van der Waals surface area contributed by atoms with Crippen molar-refractivity contribution < 1.29 is 9.53 Å². The zero-order valence-electron chi connectivity index (χ0n) is 11.9. The van der Waals surface area contributed by atoms with E-state index in [4.69, 9.17) is 4.74 Å². The lowest BCUT2D eigenvalue weighted by Crippen LogP contribution is -2.37. The van der Waals surface area contributed by atoms with Crippen molar-refractivity contribution in [3.8, 4) is 0 Å². The minimum Gasteiger partial charge on any atom is -0.368 e. The van der Waals surface area contributed by atoms with Crippen LogP contribution in [0.2, 0.25) is 0 Å². The highest BCUT2D eigenvalue weighted by Crippen LogP contribution is 2.24. The second kappa shape index (κ2) is 6.68. The van der Waals surface area contributed by atoms with Crippen LogP contribution in [0.3, 0.4) is 0 Å². The molecule has 2 aromatic rings. The van der Waals surface area contributed by atoms with E-state index >= 15 is 0 Å². The van der Waals surface area contributed by atoms with E-state index in [1.807, 2.05) is 12.3 Å². The summed E-state index contributed by atoms with van der Waals surface area (Å²) in [6, 6.07) is 2.02. The lowest BCUT2D eigenvalue weighted by atomic mass is 10.1. The summed E-state index contributed by atoms with van der Waals surface area (Å²) in [7, 11) is 0. The molecule has 4 nitrogen and oxygen atoms in total. The van der Waals surface area contributed by atoms with E-state index in [2.05, 4.69) is 27.1 Å². The number of nitrogens with one attached hydrogen (secondary N) is 1. The molecule has 3 rings (SSSR count). The number of aryl methyl sites for hydroxylation is 1. The minimum atomic E-state index is -0.295. The predicted molar refractivity (Wildman–Crippen MR) is 84.7 cm³/mol. The van der Waals surface area contributed by atoms with Gasteiger partial charge in [-0.05, 0) is 42.2 Å². The van der Waals surface area contributed by atoms with Crippen LogP contribution >= 0.6 is 22.7 Å². The first-order valence-electron chi connectivity index (χ1n) is 7.07. The number of ether oxygens (including phenoxy) is 1. The van der Waals surface area contributed by atoms with Crippen LogP contribution in [0.5, 0.6) is 0 Å². The van der Waals surface area contributed by atoms with Crippen molar-refractivity contribution >= 4 is 28.6 Å². The Kier molecular flexibility index (Phi) is 4.67. The number of carbonyl (C=O) groups is 1. The van der Waals surface area contributed by atoms with Gasteiger partial charge in [0.15, 0.2) is 0 Å². The Bertz CT molecular complexity index is 589. The Morgan fingerprint density at radius 2 is 2.48 bits per heavy atom. The van der Waals surface area contributed by atoms with Crippen LogP contribution in [0, 0.1) is 6.92 Å². The van der Waals surface area contributed by atoms with Gasteiger partial charge in [-0.3, -0.25) is 4.79 Å². The normalized spacial score (nSPS) is 19.6. The van der Waals surface area contributed by atoms with Crippen molar-refractivity contribution in [3.05, 3.63) is 38.5 Å². The molecule has 2 aromatic heterocycles. The molecule has 112 valence electrons. The smallest absolute Gasteiger partial charge is 0.249 e. The number of hydrogen-bond acceptors (Lipinski definition) is 5. The zero-order chi connectivity index (χ0) is 14.7. The van der Waals surface area contributed by atoms with E-state index in [0.717, 1.165) is 30.0 Å². The van der Waals surface area contributed by atoms with Gasteiger partial charge >= 0.3 is 0 Å². The molecule has 1 aliphatic rings. The number of thiophene rings is 1. The van der Waals surface area contributed by atoms with Crippen LogP contribution in [0.15, 0.2) is 22.2 Å². The summed E-state index contributed by atoms with van der Waals surface area (Å²) in [5.74, 6) is -0.0133. The monoisotopic (exact) mass is 322 g/mol. The summed E-state index contributed by atoms with van der Waals surface area (Å²) in [6.07, 6.45) is 2.25. The Hall–Kier alpha value is -1.24. The molecule has 0 unspecified atom stereocenters. The van der Waals surface area contributed by atoms with Crippen LogP contribution in [0.25, 0.3) is 0 Å². The van der Waals surface area contributed by atoms with Crippen LogP contribution in [0.1, 0.15) is 35.1 Å². The fraction of sp³-hybridized carbons (Fsp3) is 0.467. The van der Waals surface area contributed by atoms with Crippen LogP contribution < -0.4 is 5.32 Å². The van der Waals surface area contributed by atoms with Gasteiger partial charge in [0.2, 0.25) is 5.91 Å². The second-order valence-corrected chi connectivity index (χ2v) is 6.90. The number of amides is 1. The van der Waals surface area contributed by atoms with Gasteiger partial charge in [-0.25, -0.2) is 4.98 Å². The van der Waals surface area contributed by atoms with Crippen molar-refractivity contribution in [1.82, 2.24) is 10.3 Å². The Labute approximate surface area is 132 Å². The molecule has 1 N–H and O–H groups in total. The number of nitrogens with zero attached hydrogens (tertiary/aromatic N) is 1. The zero-order valence-corrected chi connectivity index (χ0v) is 13.5. The summed E-state index contributed by atoms with van der Waals surface area (Å²) >= 11 is 3.27. The summed E-state index contributed by atoms with van der Waals surface area (Å²) in [5, 5.41) is 10.3. The molecule has 0 aliphatic carbocycles. The third-order valence-corrected chi connectivity index (χ3v) is 5.30. The van der Waals surface area contributed by atoms with Crippen molar-refractivity contribution in [2.45, 2.75) is 38.3 Å². The van der Waals surface area contributed by atoms with E-state index < -0.39 is 0 Å². The Morgan fingerprint density at radius 3 is 3.10 bits per heavy atom. The minimum absolute atomic E-state index is 0.0133. The highest BCUT2D eigenvalue weighted by molar-refractivity contribution is 7.09. The van der Waals surface area contributed by atoms with Gasteiger partial charge in [0.1, 0.15) is 11.1 Å². The largest absolute Gasteiger partial charge is 0.368 e. The van der Waals surface area contributed by atoms with Gasteiger partial charge in [-0.1, -0.05) is 0 Å². The molecule has 0 bridgehead atoms. The Balaban J connectivity index is 1.73. The molecule has 1 aliphatic heterocycles. The van der Waals surface area contributed by atoms with Gasteiger partial charge in [0.25, 0.3) is 0 Å². The number of rotatable bonds is 5. The van der Waals surface area contributed by atoms with Crippen LogP contribution in [-0.2, 0) is 16.0 Å². The maximum atomic E-state index is 12.3. The van der Waals surface area contributed by atoms with Crippen LogP contribution in [-0.4, -0.2) is 23.6 Å². The average molecular weight is 322 g/mol. The number of hydrogen-bond donors (Lipinski definition) is 1. The lowest BCUT2D eigenvalue weighted by Gasteiger charge is -2.18. The van der Waals surface area contributed by atoms with E-state index in [-0.39, 0.29) is 18.1 Å². The highest BCUT2D eigenvalue weighted by atomic mass is 32.1. The Morgan fingerprint density at radius 1 is 1.57 bits per heavy atom. The van der Waals surface area contributed by atoms with Gasteiger partial charge in [-0.2, -0.15) is 11.3 Å². The SMILES string of the molecule is Cc1csc([C@@H](Cc2ccsc2)NC(=O)[C@H]2CCCO2)n1. The van der Waals surface area contributed by atoms with Crippen molar-refractivity contribution in [1.29, 1.82) is 0 Å². The summed E-state index contributed by atoms with van der Waals surface area (Å²) in [4.78, 5) is 16.8. The van der Waals surface area contributed by atoms with Gasteiger partial charge < -0.3 is 10.1 Å². The topological polar surface area (TPSA) is 51.2 Å². The van der Waals surface area contributed by atoms with Crippen molar-refractivity contribution in [2.24, 2.45) is 0 Å². The fourth-order valence-corrected chi connectivity index (χ4v) is 3.95. The summed E-state index contributed by atoms with van der Waals surface area (Å²) in [6.45, 7) is 2.66. The van der Waals surface area contributed by atoms with E-state index in [9.17, 15) is 4.79 Å². The van der Waals surface area contributed by atoms with E-state index in [0.29, 0.717) is 6.61 Å². The second-order valence-electron chi connectivity index (χ2n) is 5.23. The molecule has 0 radical (unpaired) electrons. The number of aromatic nitrogens is 1. The molecule has 0 saturated carbocycles. The fourth-order valence-electron chi connectivity index (χ4n) is 2.43.